The lowest BCUT2D eigenvalue weighted by molar-refractivity contribution is 0.118. The van der Waals surface area contributed by atoms with Crippen LogP contribution in [0.15, 0.2) is 48.8 Å². The van der Waals surface area contributed by atoms with Crippen LogP contribution in [-0.2, 0) is 6.54 Å². The van der Waals surface area contributed by atoms with Crippen LogP contribution in [0.5, 0.6) is 0 Å². The van der Waals surface area contributed by atoms with E-state index in [0.717, 1.165) is 31.5 Å². The molecule has 1 aliphatic heterocycles. The smallest absolute Gasteiger partial charge is 0.123 e. The molecule has 2 atom stereocenters. The fraction of sp³-hybridized carbons (Fsp3) is 0.389. The Balaban J connectivity index is 1.62. The first-order chi connectivity index (χ1) is 10.7. The largest absolute Gasteiger partial charge is 0.388 e. The molecule has 1 saturated heterocycles. The minimum Gasteiger partial charge on any atom is -0.388 e. The summed E-state index contributed by atoms with van der Waals surface area (Å²) in [6.07, 6.45) is 6.04. The standard InChI is InChI=1S/C18H21FN2O/c19-16-5-3-15(4-6-16)18(22)12-17-2-1-11-21(17)13-14-7-9-20-10-8-14/h3-10,17-18,22H,1-2,11-13H2. The zero-order valence-electron chi connectivity index (χ0n) is 12.5. The van der Waals surface area contributed by atoms with Gasteiger partial charge in [-0.3, -0.25) is 9.88 Å². The number of benzene rings is 1. The number of hydrogen-bond acceptors (Lipinski definition) is 3. The lowest BCUT2D eigenvalue weighted by Gasteiger charge is -2.26. The van der Waals surface area contributed by atoms with Gasteiger partial charge in [-0.15, -0.1) is 0 Å². The summed E-state index contributed by atoms with van der Waals surface area (Å²) in [5, 5.41) is 10.4. The van der Waals surface area contributed by atoms with Crippen molar-refractivity contribution in [3.8, 4) is 0 Å². The number of rotatable bonds is 5. The second kappa shape index (κ2) is 6.99. The number of halogens is 1. The summed E-state index contributed by atoms with van der Waals surface area (Å²) < 4.78 is 13.0. The molecule has 2 aromatic rings. The van der Waals surface area contributed by atoms with Gasteiger partial charge in [0.2, 0.25) is 0 Å². The van der Waals surface area contributed by atoms with Gasteiger partial charge in [-0.05, 0) is 61.2 Å². The molecule has 3 rings (SSSR count). The van der Waals surface area contributed by atoms with Gasteiger partial charge in [0.05, 0.1) is 6.10 Å². The average Bonchev–Trinajstić information content (AvgIpc) is 2.96. The predicted molar refractivity (Wildman–Crippen MR) is 83.6 cm³/mol. The molecule has 0 saturated carbocycles. The van der Waals surface area contributed by atoms with Crippen LogP contribution in [-0.4, -0.2) is 27.6 Å². The lowest BCUT2D eigenvalue weighted by Crippen LogP contribution is -2.30. The van der Waals surface area contributed by atoms with E-state index in [1.54, 1.807) is 12.1 Å². The third-order valence-electron chi connectivity index (χ3n) is 4.38. The third kappa shape index (κ3) is 3.70. The van der Waals surface area contributed by atoms with Crippen molar-refractivity contribution >= 4 is 0 Å². The van der Waals surface area contributed by atoms with E-state index in [1.165, 1.54) is 17.7 Å². The Labute approximate surface area is 130 Å². The Bertz CT molecular complexity index is 588. The molecule has 1 aromatic heterocycles. The maximum absolute atomic E-state index is 13.0. The van der Waals surface area contributed by atoms with Crippen LogP contribution in [0.25, 0.3) is 0 Å². The quantitative estimate of drug-likeness (QED) is 0.920. The van der Waals surface area contributed by atoms with E-state index in [0.29, 0.717) is 12.5 Å². The minimum atomic E-state index is -0.538. The fourth-order valence-electron chi connectivity index (χ4n) is 3.17. The molecule has 116 valence electrons. The van der Waals surface area contributed by atoms with E-state index in [-0.39, 0.29) is 5.82 Å². The second-order valence-electron chi connectivity index (χ2n) is 5.93. The average molecular weight is 300 g/mol. The highest BCUT2D eigenvalue weighted by Crippen LogP contribution is 2.28. The van der Waals surface area contributed by atoms with Crippen molar-refractivity contribution in [2.24, 2.45) is 0 Å². The molecule has 1 aromatic carbocycles. The summed E-state index contributed by atoms with van der Waals surface area (Å²) in [4.78, 5) is 6.46. The minimum absolute atomic E-state index is 0.267. The Hall–Kier alpha value is -1.78. The zero-order chi connectivity index (χ0) is 15.4. The van der Waals surface area contributed by atoms with Crippen LogP contribution in [0, 0.1) is 5.82 Å². The highest BCUT2D eigenvalue weighted by molar-refractivity contribution is 5.19. The van der Waals surface area contributed by atoms with Crippen molar-refractivity contribution in [1.82, 2.24) is 9.88 Å². The van der Waals surface area contributed by atoms with Gasteiger partial charge in [-0.2, -0.15) is 0 Å². The fourth-order valence-corrected chi connectivity index (χ4v) is 3.17. The van der Waals surface area contributed by atoms with Crippen molar-refractivity contribution in [3.05, 3.63) is 65.7 Å². The summed E-state index contributed by atoms with van der Waals surface area (Å²) in [5.74, 6) is -0.267. The molecule has 0 radical (unpaired) electrons. The number of hydrogen-bond donors (Lipinski definition) is 1. The number of nitrogens with zero attached hydrogens (tertiary/aromatic N) is 2. The zero-order valence-corrected chi connectivity index (χ0v) is 12.5. The molecule has 0 spiro atoms. The van der Waals surface area contributed by atoms with Crippen LogP contribution >= 0.6 is 0 Å². The molecular formula is C18H21FN2O. The summed E-state index contributed by atoms with van der Waals surface area (Å²) in [5.41, 5.74) is 2.04. The third-order valence-corrected chi connectivity index (χ3v) is 4.38. The number of likely N-dealkylation sites (tertiary alicyclic amines) is 1. The maximum atomic E-state index is 13.0. The van der Waals surface area contributed by atoms with Gasteiger partial charge in [0.15, 0.2) is 0 Å². The molecule has 1 fully saturated rings. The van der Waals surface area contributed by atoms with Gasteiger partial charge in [0.1, 0.15) is 5.82 Å². The summed E-state index contributed by atoms with van der Waals surface area (Å²) in [7, 11) is 0. The Kier molecular flexibility index (Phi) is 4.80. The van der Waals surface area contributed by atoms with Crippen molar-refractivity contribution in [3.63, 3.8) is 0 Å². The SMILES string of the molecule is OC(CC1CCCN1Cc1ccncc1)c1ccc(F)cc1. The molecule has 4 heteroatoms. The van der Waals surface area contributed by atoms with E-state index in [2.05, 4.69) is 9.88 Å². The first-order valence-electron chi connectivity index (χ1n) is 7.79. The first kappa shape index (κ1) is 15.1. The van der Waals surface area contributed by atoms with Crippen LogP contribution in [0.2, 0.25) is 0 Å². The molecule has 0 bridgehead atoms. The molecule has 0 amide bonds. The molecule has 1 N–H and O–H groups in total. The molecule has 1 aliphatic rings. The highest BCUT2D eigenvalue weighted by atomic mass is 19.1. The normalized spacial score (nSPS) is 20.2. The van der Waals surface area contributed by atoms with E-state index < -0.39 is 6.10 Å². The van der Waals surface area contributed by atoms with Gasteiger partial charge < -0.3 is 5.11 Å². The van der Waals surface area contributed by atoms with Crippen LogP contribution in [0.1, 0.15) is 36.5 Å². The molecule has 22 heavy (non-hydrogen) atoms. The van der Waals surface area contributed by atoms with Crippen LogP contribution in [0.3, 0.4) is 0 Å². The van der Waals surface area contributed by atoms with Crippen LogP contribution in [0.4, 0.5) is 4.39 Å². The van der Waals surface area contributed by atoms with Crippen molar-refractivity contribution in [2.45, 2.75) is 38.0 Å². The molecule has 3 nitrogen and oxygen atoms in total. The van der Waals surface area contributed by atoms with Gasteiger partial charge in [-0.1, -0.05) is 12.1 Å². The van der Waals surface area contributed by atoms with Crippen LogP contribution < -0.4 is 0 Å². The Morgan fingerprint density at radius 3 is 2.64 bits per heavy atom. The van der Waals surface area contributed by atoms with Gasteiger partial charge in [-0.25, -0.2) is 4.39 Å². The van der Waals surface area contributed by atoms with E-state index in [4.69, 9.17) is 0 Å². The Morgan fingerprint density at radius 1 is 1.18 bits per heavy atom. The van der Waals surface area contributed by atoms with Crippen molar-refractivity contribution < 1.29 is 9.50 Å². The molecule has 2 heterocycles. The van der Waals surface area contributed by atoms with E-state index in [1.807, 2.05) is 24.5 Å². The topological polar surface area (TPSA) is 36.4 Å². The highest BCUT2D eigenvalue weighted by Gasteiger charge is 2.27. The number of pyridine rings is 1. The van der Waals surface area contributed by atoms with E-state index in [9.17, 15) is 9.50 Å². The number of aliphatic hydroxyl groups is 1. The molecular weight excluding hydrogens is 279 g/mol. The number of aromatic nitrogens is 1. The monoisotopic (exact) mass is 300 g/mol. The lowest BCUT2D eigenvalue weighted by atomic mass is 10.0. The molecule has 2 unspecified atom stereocenters. The van der Waals surface area contributed by atoms with Crippen molar-refractivity contribution in [1.29, 1.82) is 0 Å². The van der Waals surface area contributed by atoms with Gasteiger partial charge in [0, 0.05) is 25.0 Å². The predicted octanol–water partition coefficient (Wildman–Crippen LogP) is 3.31. The van der Waals surface area contributed by atoms with E-state index >= 15 is 0 Å². The number of aliphatic hydroxyl groups excluding tert-OH is 1. The Morgan fingerprint density at radius 2 is 1.91 bits per heavy atom. The van der Waals surface area contributed by atoms with Gasteiger partial charge in [0.25, 0.3) is 0 Å². The molecule has 0 aliphatic carbocycles. The van der Waals surface area contributed by atoms with Crippen molar-refractivity contribution in [2.75, 3.05) is 6.54 Å². The van der Waals surface area contributed by atoms with Gasteiger partial charge >= 0.3 is 0 Å². The summed E-state index contributed by atoms with van der Waals surface area (Å²) >= 11 is 0. The first-order valence-corrected chi connectivity index (χ1v) is 7.79. The summed E-state index contributed by atoms with van der Waals surface area (Å²) in [6.45, 7) is 1.95. The summed E-state index contributed by atoms with van der Waals surface area (Å²) in [6, 6.07) is 10.6. The maximum Gasteiger partial charge on any atom is 0.123 e. The second-order valence-corrected chi connectivity index (χ2v) is 5.93.